The molecule has 2 saturated heterocycles. The van der Waals surface area contributed by atoms with E-state index in [2.05, 4.69) is 38.6 Å². The molecule has 38 heavy (non-hydrogen) atoms. The van der Waals surface area contributed by atoms with E-state index in [4.69, 9.17) is 9.40 Å². The van der Waals surface area contributed by atoms with E-state index in [0.29, 0.717) is 28.8 Å². The van der Waals surface area contributed by atoms with Gasteiger partial charge in [-0.15, -0.1) is 0 Å². The Hall–Kier alpha value is -3.72. The summed E-state index contributed by atoms with van der Waals surface area (Å²) in [5, 5.41) is 3.30. The zero-order chi connectivity index (χ0) is 25.8. The summed E-state index contributed by atoms with van der Waals surface area (Å²) in [7, 11) is 0. The molecule has 1 saturated carbocycles. The minimum absolute atomic E-state index is 0.430. The lowest BCUT2D eigenvalue weighted by Crippen LogP contribution is -2.43. The van der Waals surface area contributed by atoms with Gasteiger partial charge in [-0.1, -0.05) is 12.1 Å². The number of fused-ring (bicyclic) bond motifs is 3. The summed E-state index contributed by atoms with van der Waals surface area (Å²) >= 11 is 0. The van der Waals surface area contributed by atoms with Crippen molar-refractivity contribution in [2.45, 2.75) is 70.4 Å². The minimum atomic E-state index is -0.499. The van der Waals surface area contributed by atoms with Crippen LogP contribution in [0.4, 0.5) is 17.5 Å². The largest absolute Gasteiger partial charge is 0.439 e. The molecule has 2 bridgehead atoms. The first kappa shape index (κ1) is 23.4. The van der Waals surface area contributed by atoms with Gasteiger partial charge in [-0.25, -0.2) is 9.78 Å². The van der Waals surface area contributed by atoms with Gasteiger partial charge in [0.25, 0.3) is 0 Å². The third-order valence-electron chi connectivity index (χ3n) is 8.49. The fourth-order valence-corrected chi connectivity index (χ4v) is 6.40. The van der Waals surface area contributed by atoms with E-state index < -0.39 is 5.76 Å². The Labute approximate surface area is 221 Å². The van der Waals surface area contributed by atoms with Gasteiger partial charge in [-0.05, 0) is 82.1 Å². The lowest BCUT2D eigenvalue weighted by atomic mass is 9.86. The topological polar surface area (TPSA) is 101 Å². The molecule has 5 heterocycles. The van der Waals surface area contributed by atoms with Gasteiger partial charge in [0, 0.05) is 42.0 Å². The summed E-state index contributed by atoms with van der Waals surface area (Å²) in [6, 6.07) is 10.9. The molecule has 2 atom stereocenters. The number of oxazole rings is 1. The van der Waals surface area contributed by atoms with Crippen LogP contribution in [0.5, 0.6) is 0 Å². The Balaban J connectivity index is 1.07. The van der Waals surface area contributed by atoms with Crippen LogP contribution in [-0.4, -0.2) is 43.2 Å². The second kappa shape index (κ2) is 9.23. The minimum Gasteiger partial charge on any atom is -0.406 e. The van der Waals surface area contributed by atoms with Crippen LogP contribution in [0.1, 0.15) is 61.3 Å². The van der Waals surface area contributed by atoms with Crippen molar-refractivity contribution in [1.82, 2.24) is 24.5 Å². The summed E-state index contributed by atoms with van der Waals surface area (Å²) in [6.07, 6.45) is 11.6. The highest BCUT2D eigenvalue weighted by Gasteiger charge is 2.43. The van der Waals surface area contributed by atoms with Gasteiger partial charge in [0.05, 0.1) is 11.9 Å². The van der Waals surface area contributed by atoms with Crippen molar-refractivity contribution in [3.05, 3.63) is 70.1 Å². The summed E-state index contributed by atoms with van der Waals surface area (Å²) in [6.45, 7) is 5.37. The third kappa shape index (κ3) is 4.34. The summed E-state index contributed by atoms with van der Waals surface area (Å²) in [4.78, 5) is 29.2. The second-order valence-corrected chi connectivity index (χ2v) is 11.3. The van der Waals surface area contributed by atoms with Crippen LogP contribution in [0.3, 0.4) is 0 Å². The molecule has 7 rings (SSSR count). The predicted molar refractivity (Wildman–Crippen MR) is 147 cm³/mol. The number of nitrogens with zero attached hydrogens (tertiary/aromatic N) is 5. The molecule has 0 spiro atoms. The number of pyridine rings is 1. The third-order valence-corrected chi connectivity index (χ3v) is 8.49. The molecule has 2 aliphatic heterocycles. The quantitative estimate of drug-likeness (QED) is 0.352. The molecule has 3 fully saturated rings. The molecule has 196 valence electrons. The first-order chi connectivity index (χ1) is 18.5. The number of piperidine rings is 1. The van der Waals surface area contributed by atoms with Crippen LogP contribution >= 0.6 is 0 Å². The second-order valence-electron chi connectivity index (χ2n) is 11.3. The number of hydrogen-bond donors (Lipinski definition) is 2. The van der Waals surface area contributed by atoms with E-state index in [0.717, 1.165) is 29.3 Å². The van der Waals surface area contributed by atoms with Crippen LogP contribution < -0.4 is 16.5 Å². The monoisotopic (exact) mass is 511 g/mol. The highest BCUT2D eigenvalue weighted by molar-refractivity contribution is 5.73. The molecule has 1 aliphatic carbocycles. The van der Waals surface area contributed by atoms with Gasteiger partial charge in [0.2, 0.25) is 5.95 Å². The first-order valence-corrected chi connectivity index (χ1v) is 13.7. The molecule has 9 heteroatoms. The molecular weight excluding hydrogens is 478 g/mol. The predicted octanol–water partition coefficient (Wildman–Crippen LogP) is 5.14. The summed E-state index contributed by atoms with van der Waals surface area (Å²) in [5.41, 5.74) is 8.34. The Bertz CT molecular complexity index is 1540. The SMILES string of the molecule is Cc1cnc(Nc2cnc(C3CC4CCC(C3)N4CC3CC3)c(C)c2)nc1Nn1c(=O)oc2ccccc21. The van der Waals surface area contributed by atoms with Gasteiger partial charge >= 0.3 is 5.76 Å². The zero-order valence-corrected chi connectivity index (χ0v) is 21.9. The number of hydrogen-bond acceptors (Lipinski definition) is 8. The molecule has 9 nitrogen and oxygen atoms in total. The smallest absolute Gasteiger partial charge is 0.406 e. The van der Waals surface area contributed by atoms with Crippen LogP contribution in [-0.2, 0) is 0 Å². The van der Waals surface area contributed by atoms with Crippen LogP contribution in [0.2, 0.25) is 0 Å². The van der Waals surface area contributed by atoms with Gasteiger partial charge in [0.15, 0.2) is 11.4 Å². The number of nitrogens with one attached hydrogen (secondary N) is 2. The molecule has 4 aromatic rings. The van der Waals surface area contributed by atoms with E-state index in [1.807, 2.05) is 31.3 Å². The molecule has 3 aromatic heterocycles. The Morgan fingerprint density at radius 2 is 1.79 bits per heavy atom. The normalized spacial score (nSPS) is 23.2. The van der Waals surface area contributed by atoms with Crippen molar-refractivity contribution >= 4 is 28.6 Å². The zero-order valence-electron chi connectivity index (χ0n) is 21.9. The van der Waals surface area contributed by atoms with Crippen molar-refractivity contribution in [2.75, 3.05) is 17.3 Å². The summed E-state index contributed by atoms with van der Waals surface area (Å²) < 4.78 is 6.69. The number of aromatic nitrogens is 4. The Morgan fingerprint density at radius 1 is 1.00 bits per heavy atom. The Morgan fingerprint density at radius 3 is 2.55 bits per heavy atom. The van der Waals surface area contributed by atoms with Crippen molar-refractivity contribution in [1.29, 1.82) is 0 Å². The summed E-state index contributed by atoms with van der Waals surface area (Å²) in [5.74, 6) is 1.94. The van der Waals surface area contributed by atoms with Crippen molar-refractivity contribution in [2.24, 2.45) is 5.92 Å². The van der Waals surface area contributed by atoms with Gasteiger partial charge in [0.1, 0.15) is 5.52 Å². The average molecular weight is 512 g/mol. The Kier molecular flexibility index (Phi) is 5.69. The number of aryl methyl sites for hydroxylation is 2. The van der Waals surface area contributed by atoms with Gasteiger partial charge in [-0.2, -0.15) is 9.66 Å². The number of para-hydroxylation sites is 2. The van der Waals surface area contributed by atoms with E-state index in [-0.39, 0.29) is 0 Å². The molecule has 0 radical (unpaired) electrons. The molecule has 3 aliphatic rings. The molecule has 1 aromatic carbocycles. The van der Waals surface area contributed by atoms with E-state index >= 15 is 0 Å². The van der Waals surface area contributed by atoms with Crippen LogP contribution in [0.15, 0.2) is 51.9 Å². The van der Waals surface area contributed by atoms with Gasteiger partial charge < -0.3 is 9.73 Å². The lowest BCUT2D eigenvalue weighted by Gasteiger charge is -2.39. The maximum absolute atomic E-state index is 12.4. The standard InChI is InChI=1S/C29H33N7O2/c1-17-11-21(15-30-26(17)20-12-22-9-10-23(13-20)35(22)16-19-7-8-19)32-28-31-14-18(2)27(33-28)34-36-24-5-3-4-6-25(24)38-29(36)37/h3-6,11,14-15,19-20,22-23H,7-10,12-13,16H2,1-2H3,(H2,31,32,33,34). The maximum Gasteiger partial charge on any atom is 0.439 e. The molecular formula is C29H33N7O2. The number of benzene rings is 1. The van der Waals surface area contributed by atoms with Crippen LogP contribution in [0, 0.1) is 19.8 Å². The fourth-order valence-electron chi connectivity index (χ4n) is 6.40. The van der Waals surface area contributed by atoms with E-state index in [9.17, 15) is 4.79 Å². The number of anilines is 3. The highest BCUT2D eigenvalue weighted by Crippen LogP contribution is 2.45. The first-order valence-electron chi connectivity index (χ1n) is 13.7. The average Bonchev–Trinajstić information content (AvgIpc) is 3.63. The van der Waals surface area contributed by atoms with Gasteiger partial charge in [-0.3, -0.25) is 15.3 Å². The molecule has 2 unspecified atom stereocenters. The molecule has 0 amide bonds. The van der Waals surface area contributed by atoms with Crippen molar-refractivity contribution in [3.8, 4) is 0 Å². The van der Waals surface area contributed by atoms with E-state index in [1.165, 1.54) is 61.0 Å². The highest BCUT2D eigenvalue weighted by atomic mass is 16.4. The maximum atomic E-state index is 12.4. The van der Waals surface area contributed by atoms with Crippen molar-refractivity contribution < 1.29 is 4.42 Å². The fraction of sp³-hybridized carbons (Fsp3) is 0.448. The van der Waals surface area contributed by atoms with Crippen molar-refractivity contribution in [3.63, 3.8) is 0 Å². The van der Waals surface area contributed by atoms with Crippen LogP contribution in [0.25, 0.3) is 11.1 Å². The lowest BCUT2D eigenvalue weighted by molar-refractivity contribution is 0.119. The van der Waals surface area contributed by atoms with E-state index in [1.54, 1.807) is 12.3 Å². The number of rotatable bonds is 7. The molecule has 2 N–H and O–H groups in total.